The molecule has 1 heteroatoms. The fourth-order valence-electron chi connectivity index (χ4n) is 10.8. The van der Waals surface area contributed by atoms with Crippen LogP contribution in [-0.4, -0.2) is 0 Å². The zero-order valence-electron chi connectivity index (χ0n) is 33.0. The standard InChI is InChI=1S/C60H34O/c1-2-12-48-47(11-1)45(28-29-49(48)50-25-20-40-18-16-36-8-6-10-38-22-27-53(50)60(40)58(36)38)43-31-42(41-23-30-56-54(34-41)51-13-3-4-14-55(51)61-56)32-44(33-43)46-24-19-39-17-15-35-7-5-9-37-21-26-52(46)59(39)57(35)37/h1-34H. The lowest BCUT2D eigenvalue weighted by Crippen LogP contribution is -1.91. The van der Waals surface area contributed by atoms with Crippen LogP contribution in [0.3, 0.4) is 0 Å². The molecule has 1 nitrogen and oxygen atoms in total. The van der Waals surface area contributed by atoms with E-state index in [4.69, 9.17) is 4.42 Å². The first-order valence-corrected chi connectivity index (χ1v) is 21.1. The van der Waals surface area contributed by atoms with Gasteiger partial charge in [-0.15, -0.1) is 0 Å². The van der Waals surface area contributed by atoms with Crippen molar-refractivity contribution in [2.24, 2.45) is 0 Å². The quantitative estimate of drug-likeness (QED) is 0.162. The van der Waals surface area contributed by atoms with E-state index in [1.165, 1.54) is 114 Å². The van der Waals surface area contributed by atoms with Gasteiger partial charge >= 0.3 is 0 Å². The van der Waals surface area contributed by atoms with E-state index in [1.807, 2.05) is 6.07 Å². The van der Waals surface area contributed by atoms with Crippen LogP contribution in [0.2, 0.25) is 0 Å². The summed E-state index contributed by atoms with van der Waals surface area (Å²) in [5.74, 6) is 0. The van der Waals surface area contributed by atoms with Crippen molar-refractivity contribution < 1.29 is 4.42 Å². The molecule has 14 rings (SSSR count). The summed E-state index contributed by atoms with van der Waals surface area (Å²) < 4.78 is 6.29. The monoisotopic (exact) mass is 770 g/mol. The predicted molar refractivity (Wildman–Crippen MR) is 260 cm³/mol. The molecule has 1 aromatic heterocycles. The molecule has 0 saturated heterocycles. The van der Waals surface area contributed by atoms with E-state index in [0.717, 1.165) is 27.5 Å². The fraction of sp³-hybridized carbons (Fsp3) is 0. The van der Waals surface area contributed by atoms with Gasteiger partial charge in [-0.3, -0.25) is 0 Å². The molecule has 0 fully saturated rings. The smallest absolute Gasteiger partial charge is 0.135 e. The van der Waals surface area contributed by atoms with Crippen molar-refractivity contribution in [3.8, 4) is 44.5 Å². The minimum absolute atomic E-state index is 0.904. The Balaban J connectivity index is 1.02. The molecule has 13 aromatic carbocycles. The van der Waals surface area contributed by atoms with Crippen molar-refractivity contribution >= 4 is 97.3 Å². The Labute approximate surface area is 351 Å². The number of para-hydroxylation sites is 1. The fourth-order valence-corrected chi connectivity index (χ4v) is 10.8. The van der Waals surface area contributed by atoms with E-state index in [2.05, 4.69) is 200 Å². The molecule has 0 radical (unpaired) electrons. The van der Waals surface area contributed by atoms with E-state index in [9.17, 15) is 0 Å². The lowest BCUT2D eigenvalue weighted by atomic mass is 9.85. The average molecular weight is 771 g/mol. The Morgan fingerprint density at radius 1 is 0.213 bits per heavy atom. The Morgan fingerprint density at radius 2 is 0.639 bits per heavy atom. The first kappa shape index (κ1) is 32.9. The van der Waals surface area contributed by atoms with Gasteiger partial charge in [-0.25, -0.2) is 0 Å². The number of hydrogen-bond acceptors (Lipinski definition) is 1. The maximum absolute atomic E-state index is 6.29. The summed E-state index contributed by atoms with van der Waals surface area (Å²) in [6.07, 6.45) is 0. The van der Waals surface area contributed by atoms with Crippen molar-refractivity contribution in [2.75, 3.05) is 0 Å². The summed E-state index contributed by atoms with van der Waals surface area (Å²) in [5, 5.41) is 20.3. The van der Waals surface area contributed by atoms with Crippen LogP contribution in [0.1, 0.15) is 0 Å². The van der Waals surface area contributed by atoms with Crippen LogP contribution >= 0.6 is 0 Å². The molecule has 0 amide bonds. The van der Waals surface area contributed by atoms with E-state index in [-0.39, 0.29) is 0 Å². The van der Waals surface area contributed by atoms with Crippen LogP contribution in [0.4, 0.5) is 0 Å². The number of furan rings is 1. The highest BCUT2D eigenvalue weighted by molar-refractivity contribution is 6.27. The van der Waals surface area contributed by atoms with E-state index in [1.54, 1.807) is 0 Å². The molecule has 0 aliphatic carbocycles. The van der Waals surface area contributed by atoms with Crippen molar-refractivity contribution in [1.29, 1.82) is 0 Å². The third kappa shape index (κ3) is 4.72. The molecule has 280 valence electrons. The van der Waals surface area contributed by atoms with Gasteiger partial charge in [0.25, 0.3) is 0 Å². The molecule has 0 spiro atoms. The molecule has 14 aromatic rings. The predicted octanol–water partition coefficient (Wildman–Crippen LogP) is 17.2. The molecular formula is C60H34O. The van der Waals surface area contributed by atoms with E-state index >= 15 is 0 Å². The van der Waals surface area contributed by atoms with Crippen LogP contribution in [0.25, 0.3) is 142 Å². The van der Waals surface area contributed by atoms with Crippen LogP contribution in [0.15, 0.2) is 211 Å². The molecule has 0 unspecified atom stereocenters. The first-order valence-electron chi connectivity index (χ1n) is 21.1. The summed E-state index contributed by atoms with van der Waals surface area (Å²) in [4.78, 5) is 0. The second-order valence-electron chi connectivity index (χ2n) is 16.8. The van der Waals surface area contributed by atoms with Crippen molar-refractivity contribution in [2.45, 2.75) is 0 Å². The molecule has 0 atom stereocenters. The zero-order chi connectivity index (χ0) is 39.8. The molecule has 0 aliphatic heterocycles. The van der Waals surface area contributed by atoms with E-state index in [0.29, 0.717) is 0 Å². The Bertz CT molecular complexity index is 4080. The Hall–Kier alpha value is -8.00. The lowest BCUT2D eigenvalue weighted by molar-refractivity contribution is 0.669. The van der Waals surface area contributed by atoms with Crippen molar-refractivity contribution in [3.63, 3.8) is 0 Å². The highest BCUT2D eigenvalue weighted by Crippen LogP contribution is 2.46. The summed E-state index contributed by atoms with van der Waals surface area (Å²) in [5.41, 5.74) is 11.5. The second kappa shape index (κ2) is 12.3. The summed E-state index contributed by atoms with van der Waals surface area (Å²) in [7, 11) is 0. The third-order valence-electron chi connectivity index (χ3n) is 13.5. The van der Waals surface area contributed by atoms with Gasteiger partial charge in [-0.1, -0.05) is 170 Å². The first-order chi connectivity index (χ1) is 30.2. The van der Waals surface area contributed by atoms with Crippen LogP contribution < -0.4 is 0 Å². The SMILES string of the molecule is c1cc2ccc3ccc(-c4cc(-c5ccc6oc7ccccc7c6c5)cc(-c5ccc(-c6ccc7ccc8cccc9ccc6c7c89)c6ccccc56)c4)c4ccc(c1)c2c34. The third-order valence-corrected chi connectivity index (χ3v) is 13.5. The topological polar surface area (TPSA) is 13.1 Å². The highest BCUT2D eigenvalue weighted by Gasteiger charge is 2.19. The molecule has 0 aliphatic rings. The van der Waals surface area contributed by atoms with Crippen LogP contribution in [-0.2, 0) is 0 Å². The second-order valence-corrected chi connectivity index (χ2v) is 16.8. The van der Waals surface area contributed by atoms with Gasteiger partial charge in [0.2, 0.25) is 0 Å². The summed E-state index contributed by atoms with van der Waals surface area (Å²) in [6, 6.07) is 76.7. The summed E-state index contributed by atoms with van der Waals surface area (Å²) in [6.45, 7) is 0. The zero-order valence-corrected chi connectivity index (χ0v) is 33.0. The number of fused-ring (bicyclic) bond motifs is 4. The Kier molecular flexibility index (Phi) is 6.62. The van der Waals surface area contributed by atoms with Crippen molar-refractivity contribution in [1.82, 2.24) is 0 Å². The van der Waals surface area contributed by atoms with Gasteiger partial charge in [0.05, 0.1) is 0 Å². The minimum Gasteiger partial charge on any atom is -0.456 e. The van der Waals surface area contributed by atoms with Gasteiger partial charge in [-0.2, -0.15) is 0 Å². The van der Waals surface area contributed by atoms with Gasteiger partial charge in [0.1, 0.15) is 11.2 Å². The van der Waals surface area contributed by atoms with Gasteiger partial charge < -0.3 is 4.42 Å². The molecular weight excluding hydrogens is 737 g/mol. The van der Waals surface area contributed by atoms with Gasteiger partial charge in [-0.05, 0) is 156 Å². The van der Waals surface area contributed by atoms with Crippen molar-refractivity contribution in [3.05, 3.63) is 206 Å². The molecule has 1 heterocycles. The number of benzene rings is 13. The maximum Gasteiger partial charge on any atom is 0.135 e. The molecule has 61 heavy (non-hydrogen) atoms. The average Bonchev–Trinajstić information content (AvgIpc) is 3.70. The molecule has 0 saturated carbocycles. The van der Waals surface area contributed by atoms with Crippen LogP contribution in [0, 0.1) is 0 Å². The van der Waals surface area contributed by atoms with Gasteiger partial charge in [0.15, 0.2) is 0 Å². The largest absolute Gasteiger partial charge is 0.456 e. The Morgan fingerprint density at radius 3 is 1.30 bits per heavy atom. The van der Waals surface area contributed by atoms with Gasteiger partial charge in [0, 0.05) is 10.8 Å². The maximum atomic E-state index is 6.29. The number of rotatable bonds is 4. The van der Waals surface area contributed by atoms with Crippen LogP contribution in [0.5, 0.6) is 0 Å². The molecule has 0 bridgehead atoms. The molecule has 0 N–H and O–H groups in total. The normalized spacial score (nSPS) is 12.3. The summed E-state index contributed by atoms with van der Waals surface area (Å²) >= 11 is 0. The highest BCUT2D eigenvalue weighted by atomic mass is 16.3. The lowest BCUT2D eigenvalue weighted by Gasteiger charge is -2.18. The minimum atomic E-state index is 0.904. The number of hydrogen-bond donors (Lipinski definition) is 0. The van der Waals surface area contributed by atoms with E-state index < -0.39 is 0 Å².